The highest BCUT2D eigenvalue weighted by molar-refractivity contribution is 7.85. The summed E-state index contributed by atoms with van der Waals surface area (Å²) < 4.78 is 612. The maximum Gasteiger partial charge on any atom is 0.422 e. The van der Waals surface area contributed by atoms with Gasteiger partial charge in [0.25, 0.3) is 0 Å². The number of imidazole rings is 6. The first-order chi connectivity index (χ1) is 85.5. The van der Waals surface area contributed by atoms with E-state index in [4.69, 9.17) is 49.3 Å². The lowest BCUT2D eigenvalue weighted by molar-refractivity contribution is -0.154. The standard InChI is InChI=1S/6C16H14F3N3O2S/c6*1-10-13(20-7-6-14(10)24-9-16(17,18)19)8-25(23)15-21-11-4-2-3-5-12(11)22-15/h6*2-7H,8-9H2,1H3,(H,21,22)/i1D3,2D,3D,4D,5D,8D2;1D3,2D,3D,4D,5D;1D3,6D,7D,8D2;1D3,6D,7D;1D3,8D2;1D3. The molecule has 0 aliphatic rings. The fourth-order valence-corrected chi connectivity index (χ4v) is 17.0. The largest absolute Gasteiger partial charge is 0.484 e. The summed E-state index contributed by atoms with van der Waals surface area (Å²) >= 11 is 0. The van der Waals surface area contributed by atoms with E-state index in [0.717, 1.165) is 49.1 Å². The van der Waals surface area contributed by atoms with E-state index in [2.05, 4.69) is 118 Å². The number of fused-ring (bicyclic) bond motifs is 6. The minimum absolute atomic E-state index is 0.00809. The van der Waals surface area contributed by atoms with Crippen molar-refractivity contribution < 1.29 is 182 Å². The first-order valence-corrected chi connectivity index (χ1v) is 48.2. The molecule has 0 saturated heterocycles. The van der Waals surface area contributed by atoms with Crippen LogP contribution < -0.4 is 28.4 Å². The summed E-state index contributed by atoms with van der Waals surface area (Å²) in [5.74, 6) is -6.17. The molecule has 0 aliphatic heterocycles. The molecule has 0 amide bonds. The van der Waals surface area contributed by atoms with Crippen molar-refractivity contribution in [3.8, 4) is 34.5 Å². The van der Waals surface area contributed by atoms with Gasteiger partial charge in [0.15, 0.2) is 70.6 Å². The first-order valence-electron chi connectivity index (χ1n) is 58.8. The van der Waals surface area contributed by atoms with Crippen LogP contribution in [0, 0.1) is 41.1 Å². The fraction of sp³-hybridized carbons (Fsp3) is 0.250. The monoisotopic (exact) mass is 2250 g/mol. The average molecular weight is 2250 g/mol. The van der Waals surface area contributed by atoms with Crippen LogP contribution in [-0.4, -0.2) is 192 Å². The van der Waals surface area contributed by atoms with Gasteiger partial charge in [0, 0.05) is 103 Å². The summed E-state index contributed by atoms with van der Waals surface area (Å²) in [6.07, 6.45) is -26.6. The number of alkyl halides is 18. The van der Waals surface area contributed by atoms with Gasteiger partial charge in [-0.05, 0) is 150 Å². The number of nitrogens with one attached hydrogen (secondary N) is 6. The van der Waals surface area contributed by atoms with Crippen LogP contribution >= 0.6 is 0 Å². The summed E-state index contributed by atoms with van der Waals surface area (Å²) in [5, 5.41) is -1.47. The van der Waals surface area contributed by atoms with Crippen molar-refractivity contribution in [2.24, 2.45) is 0 Å². The molecule has 12 aromatic heterocycles. The topological polar surface area (TPSA) is 407 Å². The highest BCUT2D eigenvalue weighted by Gasteiger charge is 2.35. The quantitative estimate of drug-likeness (QED) is 0.0228. The molecule has 792 valence electrons. The third-order valence-corrected chi connectivity index (χ3v) is 24.3. The van der Waals surface area contributed by atoms with Gasteiger partial charge < -0.3 is 58.3 Å². The number of hydrogen-bond donors (Lipinski definition) is 6. The van der Waals surface area contributed by atoms with Gasteiger partial charge >= 0.3 is 37.1 Å². The summed E-state index contributed by atoms with van der Waals surface area (Å²) in [5.41, 5.74) is -14.8. The van der Waals surface area contributed by atoms with Crippen molar-refractivity contribution >= 4 is 131 Å². The minimum atomic E-state index is -4.90. The predicted molar refractivity (Wildman–Crippen MR) is 520 cm³/mol. The SMILES string of the molecule is [2H]C([2H])([2H])c1c(OCC(F)(F)F)ccnc1C([2H])([2H])S(=O)c1nc2ccccc2[nH]1.[2H]C([2H])([2H])c1c(OCC(F)(F)F)ccnc1CS(=O)c1nc2ccccc2[nH]1.[2H]c1c([2H])c([2H])c2[nH]c(S(=O)C([2H])([2H])c3nccc(OCC(F)(F)F)c3C([2H])([2H])[2H])nc2c1[2H].[2H]c1c([2H])c([2H])c2[nH]c(S(=O)Cc3nccc(OCC(F)(F)F)c3C([2H])([2H])[2H])nc2c1[2H].[2H]c1nc(C([2H])([2H])S(=O)c2nc3ccccc3[nH]2)c(C([2H])([2H])[2H])c(OCC(F)(F)F)c1[2H].[2H]c1nc(CS(=O)c2nc3ccccc3[nH]2)c(C([2H])([2H])[2H])c(OCC(F)(F)F)c1[2H]. The van der Waals surface area contributed by atoms with Crippen molar-refractivity contribution in [3.63, 3.8) is 0 Å². The molecule has 6 unspecified atom stereocenters. The molecule has 18 aromatic rings. The van der Waals surface area contributed by atoms with Crippen LogP contribution in [0.25, 0.3) is 66.2 Å². The highest BCUT2D eigenvalue weighted by Crippen LogP contribution is 2.35. The molecule has 0 fully saturated rings. The molecular weight excluding hydrogens is 2130 g/mol. The van der Waals surface area contributed by atoms with Crippen LogP contribution in [0.4, 0.5) is 79.0 Å². The number of rotatable bonds is 30. The van der Waals surface area contributed by atoms with Gasteiger partial charge in [-0.15, -0.1) is 0 Å². The Balaban J connectivity index is 0.000000181. The highest BCUT2D eigenvalue weighted by atomic mass is 32.2. The Bertz CT molecular complexity index is 9530. The summed E-state index contributed by atoms with van der Waals surface area (Å²) in [6.45, 7) is -29.2. The summed E-state index contributed by atoms with van der Waals surface area (Å²) in [6, 6.07) is 24.1. The van der Waals surface area contributed by atoms with Crippen molar-refractivity contribution in [1.82, 2.24) is 89.7 Å². The van der Waals surface area contributed by atoms with E-state index in [9.17, 15) is 104 Å². The molecule has 54 heteroatoms. The molecule has 0 aliphatic carbocycles. The molecule has 0 spiro atoms. The number of aromatic nitrogens is 18. The number of halogens is 18. The van der Waals surface area contributed by atoms with E-state index in [1.165, 1.54) is 0 Å². The molecule has 0 radical (unpaired) electrons. The van der Waals surface area contributed by atoms with Gasteiger partial charge in [0.1, 0.15) is 34.5 Å². The predicted octanol–water partition coefficient (Wildman–Crippen LogP) is 21.1. The second kappa shape index (κ2) is 49.7. The Hall–Kier alpha value is -14.5. The minimum Gasteiger partial charge on any atom is -0.484 e. The zero-order valence-electron chi connectivity index (χ0n) is 110. The number of pyridine rings is 6. The molecule has 150 heavy (non-hydrogen) atoms. The third-order valence-electron chi connectivity index (χ3n) is 18.1. The fourth-order valence-electron chi connectivity index (χ4n) is 11.5. The molecule has 0 saturated carbocycles. The van der Waals surface area contributed by atoms with Crippen LogP contribution in [0.2, 0.25) is 0 Å². The Morgan fingerprint density at radius 2 is 0.473 bits per heavy atom. The van der Waals surface area contributed by atoms with Crippen molar-refractivity contribution in [2.45, 2.75) is 143 Å². The lowest BCUT2D eigenvalue weighted by Crippen LogP contribution is -2.20. The Labute approximate surface area is 903 Å². The zero-order valence-corrected chi connectivity index (χ0v) is 79.1. The Morgan fingerprint density at radius 1 is 0.260 bits per heavy atom. The van der Waals surface area contributed by atoms with Crippen LogP contribution in [0.3, 0.4) is 0 Å². The average Bonchev–Trinajstić information content (AvgIpc) is 0.832. The Kier molecular flexibility index (Phi) is 24.1. The third kappa shape index (κ3) is 32.7. The van der Waals surface area contributed by atoms with Gasteiger partial charge in [0.05, 0.1) is 216 Å². The molecule has 12 heterocycles. The molecule has 18 rings (SSSR count). The van der Waals surface area contributed by atoms with Gasteiger partial charge in [-0.1, -0.05) is 72.7 Å². The number of aromatic amines is 6. The Morgan fingerprint density at radius 3 is 0.753 bits per heavy atom. The van der Waals surface area contributed by atoms with Gasteiger partial charge in [-0.3, -0.25) is 55.2 Å². The van der Waals surface area contributed by atoms with Crippen LogP contribution in [0.1, 0.15) is 117 Å². The van der Waals surface area contributed by atoms with Gasteiger partial charge in [-0.25, -0.2) is 29.9 Å². The number of benzene rings is 6. The lowest BCUT2D eigenvalue weighted by Gasteiger charge is -2.13. The maximum atomic E-state index is 13.1. The summed E-state index contributed by atoms with van der Waals surface area (Å²) in [7, 11) is -14.1. The number of H-pyrrole nitrogens is 6. The van der Waals surface area contributed by atoms with Crippen molar-refractivity contribution in [3.05, 3.63) is 286 Å². The number of para-hydroxylation sites is 12. The van der Waals surface area contributed by atoms with E-state index in [1.807, 2.05) is 0 Å². The molecule has 6 aromatic carbocycles. The van der Waals surface area contributed by atoms with E-state index < -0.39 is 380 Å². The summed E-state index contributed by atoms with van der Waals surface area (Å²) in [4.78, 5) is 62.2. The first kappa shape index (κ1) is 72.8. The number of ether oxygens (including phenoxy) is 6. The second-order valence-electron chi connectivity index (χ2n) is 29.0. The smallest absolute Gasteiger partial charge is 0.422 e. The number of nitrogens with zero attached hydrogens (tertiary/aromatic N) is 12. The lowest BCUT2D eigenvalue weighted by atomic mass is 10.2. The van der Waals surface area contributed by atoms with Crippen molar-refractivity contribution in [1.29, 1.82) is 0 Å². The zero-order chi connectivity index (χ0) is 139. The van der Waals surface area contributed by atoms with Crippen LogP contribution in [0.5, 0.6) is 34.5 Å². The van der Waals surface area contributed by atoms with Crippen molar-refractivity contribution in [2.75, 3.05) is 39.6 Å². The van der Waals surface area contributed by atoms with E-state index in [0.29, 0.717) is 44.1 Å². The molecule has 6 atom stereocenters. The van der Waals surface area contributed by atoms with E-state index in [-0.39, 0.29) is 65.0 Å². The molecule has 30 nitrogen and oxygen atoms in total. The number of hydrogen-bond acceptors (Lipinski definition) is 24. The van der Waals surface area contributed by atoms with Gasteiger partial charge in [-0.2, -0.15) is 79.0 Å². The molecular formula is C96H84F18N18O12S6. The van der Waals surface area contributed by atoms with Crippen LogP contribution in [0.15, 0.2) is 250 Å². The normalized spacial score (nSPS) is 17.4. The molecule has 6 N–H and O–H groups in total. The maximum absolute atomic E-state index is 13.1. The van der Waals surface area contributed by atoms with E-state index in [1.54, 1.807) is 97.1 Å². The molecule has 0 bridgehead atoms. The van der Waals surface area contributed by atoms with E-state index >= 15 is 0 Å². The van der Waals surface area contributed by atoms with Gasteiger partial charge in [0.2, 0.25) is 0 Å². The second-order valence-corrected chi connectivity index (χ2v) is 36.5. The van der Waals surface area contributed by atoms with Crippen LogP contribution in [-0.2, 0) is 99.2 Å².